The van der Waals surface area contributed by atoms with Gasteiger partial charge >= 0.3 is 0 Å². The number of aryl methyl sites for hydroxylation is 1. The van der Waals surface area contributed by atoms with Gasteiger partial charge in [0.05, 0.1) is 0 Å². The van der Waals surface area contributed by atoms with Crippen LogP contribution in [0.3, 0.4) is 0 Å². The summed E-state index contributed by atoms with van der Waals surface area (Å²) in [6, 6.07) is 16.0. The van der Waals surface area contributed by atoms with Gasteiger partial charge < -0.3 is 0 Å². The molecule has 0 heterocycles. The lowest BCUT2D eigenvalue weighted by Gasteiger charge is -2.23. The Morgan fingerprint density at radius 3 is 2.24 bits per heavy atom. The van der Waals surface area contributed by atoms with E-state index in [1.165, 1.54) is 29.5 Å². The van der Waals surface area contributed by atoms with E-state index in [0.29, 0.717) is 5.92 Å². The summed E-state index contributed by atoms with van der Waals surface area (Å²) < 4.78 is 0. The molecule has 0 amide bonds. The predicted molar refractivity (Wildman–Crippen MR) is 107 cm³/mol. The summed E-state index contributed by atoms with van der Waals surface area (Å²) in [4.78, 5) is 2.61. The van der Waals surface area contributed by atoms with Gasteiger partial charge in [-0.2, -0.15) is 0 Å². The first-order valence-electron chi connectivity index (χ1n) is 9.52. The minimum atomic E-state index is 0.522. The minimum absolute atomic E-state index is 0.522. The maximum Gasteiger partial charge on any atom is 0.0252 e. The molecule has 2 aromatic rings. The predicted octanol–water partition coefficient (Wildman–Crippen LogP) is 5.50. The normalized spacial score (nSPS) is 13.8. The van der Waals surface area contributed by atoms with E-state index in [1.807, 2.05) is 0 Å². The van der Waals surface area contributed by atoms with Gasteiger partial charge in [-0.15, -0.1) is 0 Å². The van der Waals surface area contributed by atoms with Crippen LogP contribution in [0.15, 0.2) is 42.5 Å². The highest BCUT2D eigenvalue weighted by molar-refractivity contribution is 5.46. The highest BCUT2D eigenvalue weighted by Gasteiger charge is 2.28. The summed E-state index contributed by atoms with van der Waals surface area (Å²) in [5.74, 6) is 7.16. The number of benzene rings is 2. The van der Waals surface area contributed by atoms with Gasteiger partial charge in [0, 0.05) is 23.7 Å². The SMILES string of the molecule is CCN(Cc1ccc(C#Cc2ccc(C)cc2)cc1C(C)C)C1CC1. The fraction of sp³-hybridized carbons (Fsp3) is 0.417. The van der Waals surface area contributed by atoms with Gasteiger partial charge in [-0.05, 0) is 67.6 Å². The summed E-state index contributed by atoms with van der Waals surface area (Å²) in [7, 11) is 0. The first-order valence-corrected chi connectivity index (χ1v) is 9.52. The summed E-state index contributed by atoms with van der Waals surface area (Å²) in [5, 5.41) is 0. The van der Waals surface area contributed by atoms with Crippen molar-refractivity contribution in [2.24, 2.45) is 0 Å². The van der Waals surface area contributed by atoms with Crippen LogP contribution in [0.1, 0.15) is 67.3 Å². The summed E-state index contributed by atoms with van der Waals surface area (Å²) in [6.07, 6.45) is 2.73. The molecular formula is C24H29N. The zero-order chi connectivity index (χ0) is 17.8. The molecule has 0 radical (unpaired) electrons. The molecule has 1 saturated carbocycles. The Labute approximate surface area is 153 Å². The molecule has 3 rings (SSSR count). The molecule has 0 saturated heterocycles. The third-order valence-electron chi connectivity index (χ3n) is 5.01. The van der Waals surface area contributed by atoms with E-state index in [-0.39, 0.29) is 0 Å². The molecule has 25 heavy (non-hydrogen) atoms. The second-order valence-corrected chi connectivity index (χ2v) is 7.48. The maximum atomic E-state index is 3.34. The van der Waals surface area contributed by atoms with Crippen LogP contribution in [0.25, 0.3) is 0 Å². The van der Waals surface area contributed by atoms with Crippen molar-refractivity contribution < 1.29 is 0 Å². The molecular weight excluding hydrogens is 302 g/mol. The summed E-state index contributed by atoms with van der Waals surface area (Å²) in [6.45, 7) is 11.1. The fourth-order valence-corrected chi connectivity index (χ4v) is 3.29. The standard InChI is InChI=1S/C24H29N/c1-5-25(23-14-15-23)17-22-13-12-21(16-24(22)18(2)3)11-10-20-8-6-19(4)7-9-20/h6-9,12-13,16,18,23H,5,14-15,17H2,1-4H3. The average Bonchev–Trinajstić information content (AvgIpc) is 3.44. The Balaban J connectivity index is 1.82. The molecule has 0 atom stereocenters. The molecule has 0 aromatic heterocycles. The molecule has 1 heteroatoms. The van der Waals surface area contributed by atoms with E-state index in [9.17, 15) is 0 Å². The number of hydrogen-bond acceptors (Lipinski definition) is 1. The van der Waals surface area contributed by atoms with Crippen molar-refractivity contribution in [1.82, 2.24) is 4.90 Å². The van der Waals surface area contributed by atoms with E-state index in [1.54, 1.807) is 0 Å². The quantitative estimate of drug-likeness (QED) is 0.654. The third-order valence-corrected chi connectivity index (χ3v) is 5.01. The Bertz CT molecular complexity index is 770. The number of nitrogens with zero attached hydrogens (tertiary/aromatic N) is 1. The maximum absolute atomic E-state index is 3.34. The van der Waals surface area contributed by atoms with Gasteiger partial charge in [0.15, 0.2) is 0 Å². The average molecular weight is 332 g/mol. The molecule has 0 aliphatic heterocycles. The Kier molecular flexibility index (Phi) is 5.61. The minimum Gasteiger partial charge on any atom is -0.296 e. The molecule has 0 unspecified atom stereocenters. The van der Waals surface area contributed by atoms with E-state index >= 15 is 0 Å². The summed E-state index contributed by atoms with van der Waals surface area (Å²) >= 11 is 0. The monoisotopic (exact) mass is 331 g/mol. The second kappa shape index (κ2) is 7.89. The molecule has 0 N–H and O–H groups in total. The van der Waals surface area contributed by atoms with Gasteiger partial charge in [-0.3, -0.25) is 4.90 Å². The summed E-state index contributed by atoms with van der Waals surface area (Å²) in [5.41, 5.74) is 6.36. The van der Waals surface area contributed by atoms with Crippen LogP contribution in [-0.2, 0) is 6.54 Å². The van der Waals surface area contributed by atoms with Gasteiger partial charge in [0.25, 0.3) is 0 Å². The molecule has 1 nitrogen and oxygen atoms in total. The molecule has 1 aliphatic rings. The molecule has 0 spiro atoms. The van der Waals surface area contributed by atoms with Crippen LogP contribution >= 0.6 is 0 Å². The Hall–Kier alpha value is -2.04. The van der Waals surface area contributed by atoms with E-state index in [2.05, 4.69) is 86.9 Å². The van der Waals surface area contributed by atoms with Gasteiger partial charge in [0.2, 0.25) is 0 Å². The second-order valence-electron chi connectivity index (χ2n) is 7.48. The van der Waals surface area contributed by atoms with Crippen molar-refractivity contribution in [2.75, 3.05) is 6.54 Å². The van der Waals surface area contributed by atoms with Crippen LogP contribution < -0.4 is 0 Å². The van der Waals surface area contributed by atoms with Crippen molar-refractivity contribution in [2.45, 2.75) is 59.0 Å². The van der Waals surface area contributed by atoms with Gasteiger partial charge in [-0.25, -0.2) is 0 Å². The van der Waals surface area contributed by atoms with E-state index in [4.69, 9.17) is 0 Å². The molecule has 1 aliphatic carbocycles. The third kappa shape index (κ3) is 4.74. The van der Waals surface area contributed by atoms with Crippen molar-refractivity contribution >= 4 is 0 Å². The lowest BCUT2D eigenvalue weighted by Crippen LogP contribution is -2.25. The first kappa shape index (κ1) is 17.8. The van der Waals surface area contributed by atoms with Crippen molar-refractivity contribution in [3.05, 3.63) is 70.3 Å². The Morgan fingerprint density at radius 2 is 1.64 bits per heavy atom. The van der Waals surface area contributed by atoms with Crippen molar-refractivity contribution in [1.29, 1.82) is 0 Å². The largest absolute Gasteiger partial charge is 0.296 e. The topological polar surface area (TPSA) is 3.24 Å². The fourth-order valence-electron chi connectivity index (χ4n) is 3.29. The van der Waals surface area contributed by atoms with Crippen LogP contribution in [0.5, 0.6) is 0 Å². The zero-order valence-electron chi connectivity index (χ0n) is 16.0. The molecule has 2 aromatic carbocycles. The Morgan fingerprint density at radius 1 is 1.00 bits per heavy atom. The van der Waals surface area contributed by atoms with Gasteiger partial charge in [-0.1, -0.05) is 56.4 Å². The van der Waals surface area contributed by atoms with E-state index in [0.717, 1.165) is 30.3 Å². The van der Waals surface area contributed by atoms with Crippen molar-refractivity contribution in [3.8, 4) is 11.8 Å². The van der Waals surface area contributed by atoms with Crippen LogP contribution in [0, 0.1) is 18.8 Å². The van der Waals surface area contributed by atoms with Crippen LogP contribution in [0.4, 0.5) is 0 Å². The molecule has 1 fully saturated rings. The number of rotatable bonds is 5. The first-order chi connectivity index (χ1) is 12.1. The van der Waals surface area contributed by atoms with Crippen molar-refractivity contribution in [3.63, 3.8) is 0 Å². The zero-order valence-corrected chi connectivity index (χ0v) is 16.0. The van der Waals surface area contributed by atoms with Crippen LogP contribution in [-0.4, -0.2) is 17.5 Å². The lowest BCUT2D eigenvalue weighted by molar-refractivity contribution is 0.268. The van der Waals surface area contributed by atoms with E-state index < -0.39 is 0 Å². The smallest absolute Gasteiger partial charge is 0.0252 e. The van der Waals surface area contributed by atoms with Crippen LogP contribution in [0.2, 0.25) is 0 Å². The highest BCUT2D eigenvalue weighted by Crippen LogP contribution is 2.30. The number of hydrogen-bond donors (Lipinski definition) is 0. The molecule has 130 valence electrons. The van der Waals surface area contributed by atoms with Gasteiger partial charge in [0.1, 0.15) is 0 Å². The highest BCUT2D eigenvalue weighted by atomic mass is 15.2. The molecule has 0 bridgehead atoms. The lowest BCUT2D eigenvalue weighted by atomic mass is 9.94.